The van der Waals surface area contributed by atoms with Crippen molar-refractivity contribution in [2.45, 2.75) is 50.6 Å². The number of nitrogens with two attached hydrogens (primary N) is 1. The second kappa shape index (κ2) is 6.74. The van der Waals surface area contributed by atoms with Crippen LogP contribution in [-0.2, 0) is 0 Å². The highest BCUT2D eigenvalue weighted by Crippen LogP contribution is 2.26. The van der Waals surface area contributed by atoms with Gasteiger partial charge in [-0.25, -0.2) is 0 Å². The number of thiophene rings is 1. The molecule has 0 spiro atoms. The zero-order chi connectivity index (χ0) is 12.1. The van der Waals surface area contributed by atoms with Crippen LogP contribution in [0.15, 0.2) is 11.4 Å². The highest BCUT2D eigenvalue weighted by atomic mass is 35.5. The molecule has 1 aliphatic carbocycles. The largest absolute Gasteiger partial charge is 0.329 e. The maximum Gasteiger partial charge on any atom is 0.0541 e. The molecule has 1 aromatic heterocycles. The van der Waals surface area contributed by atoms with Gasteiger partial charge in [0.2, 0.25) is 0 Å². The van der Waals surface area contributed by atoms with Crippen LogP contribution in [-0.4, -0.2) is 12.6 Å². The first-order chi connectivity index (χ1) is 8.29. The van der Waals surface area contributed by atoms with Crippen molar-refractivity contribution < 1.29 is 0 Å². The molecule has 1 aliphatic rings. The summed E-state index contributed by atoms with van der Waals surface area (Å²) < 4.78 is 0. The number of nitrogens with one attached hydrogen (secondary N) is 1. The maximum atomic E-state index is 5.97. The average Bonchev–Trinajstić information content (AvgIpc) is 2.62. The van der Waals surface area contributed by atoms with Gasteiger partial charge in [0.05, 0.1) is 11.1 Å². The van der Waals surface area contributed by atoms with Crippen molar-refractivity contribution in [1.82, 2.24) is 5.32 Å². The summed E-state index contributed by atoms with van der Waals surface area (Å²) >= 11 is 7.67. The van der Waals surface area contributed by atoms with Crippen LogP contribution in [0.1, 0.15) is 49.4 Å². The molecule has 0 bridgehead atoms. The van der Waals surface area contributed by atoms with Gasteiger partial charge in [0.15, 0.2) is 0 Å². The van der Waals surface area contributed by atoms with Gasteiger partial charge in [-0.2, -0.15) is 0 Å². The molecule has 0 saturated heterocycles. The minimum atomic E-state index is 0.274. The van der Waals surface area contributed by atoms with Crippen molar-refractivity contribution in [2.24, 2.45) is 5.73 Å². The fraction of sp³-hybridized carbons (Fsp3) is 0.692. The van der Waals surface area contributed by atoms with Crippen molar-refractivity contribution in [3.05, 3.63) is 21.3 Å². The van der Waals surface area contributed by atoms with Gasteiger partial charge in [-0.05, 0) is 18.9 Å². The predicted octanol–water partition coefficient (Wildman–Crippen LogP) is 3.71. The Labute approximate surface area is 113 Å². The van der Waals surface area contributed by atoms with Gasteiger partial charge in [-0.1, -0.05) is 37.3 Å². The lowest BCUT2D eigenvalue weighted by atomic mass is 10.1. The van der Waals surface area contributed by atoms with Crippen LogP contribution in [0.3, 0.4) is 0 Å². The molecule has 17 heavy (non-hydrogen) atoms. The van der Waals surface area contributed by atoms with E-state index >= 15 is 0 Å². The van der Waals surface area contributed by atoms with E-state index in [0.717, 1.165) is 5.02 Å². The summed E-state index contributed by atoms with van der Waals surface area (Å²) in [5.41, 5.74) is 5.87. The zero-order valence-corrected chi connectivity index (χ0v) is 11.7. The van der Waals surface area contributed by atoms with E-state index in [-0.39, 0.29) is 6.04 Å². The van der Waals surface area contributed by atoms with Crippen LogP contribution in [0.2, 0.25) is 5.02 Å². The number of hydrogen-bond acceptors (Lipinski definition) is 3. The normalized spacial score (nSPS) is 20.1. The van der Waals surface area contributed by atoms with Crippen molar-refractivity contribution >= 4 is 22.9 Å². The molecular formula is C13H21ClN2S. The molecule has 1 unspecified atom stereocenters. The van der Waals surface area contributed by atoms with Crippen molar-refractivity contribution in [2.75, 3.05) is 6.54 Å². The topological polar surface area (TPSA) is 38.0 Å². The second-order valence-corrected chi connectivity index (χ2v) is 6.19. The molecule has 2 nitrogen and oxygen atoms in total. The third-order valence-corrected chi connectivity index (χ3v) is 4.85. The van der Waals surface area contributed by atoms with Crippen LogP contribution in [0.4, 0.5) is 0 Å². The van der Waals surface area contributed by atoms with Crippen LogP contribution in [0, 0.1) is 0 Å². The summed E-state index contributed by atoms with van der Waals surface area (Å²) in [5, 5.41) is 6.51. The van der Waals surface area contributed by atoms with Gasteiger partial charge in [0, 0.05) is 22.8 Å². The molecule has 4 heteroatoms. The summed E-state index contributed by atoms with van der Waals surface area (Å²) in [5.74, 6) is 0. The fourth-order valence-corrected chi connectivity index (χ4v) is 3.66. The van der Waals surface area contributed by atoms with E-state index in [2.05, 4.69) is 5.32 Å². The summed E-state index contributed by atoms with van der Waals surface area (Å²) in [6.45, 7) is 0.646. The van der Waals surface area contributed by atoms with Gasteiger partial charge < -0.3 is 11.1 Å². The summed E-state index contributed by atoms with van der Waals surface area (Å²) in [6.07, 6.45) is 8.04. The average molecular weight is 273 g/mol. The smallest absolute Gasteiger partial charge is 0.0541 e. The summed E-state index contributed by atoms with van der Waals surface area (Å²) in [7, 11) is 0. The third kappa shape index (κ3) is 3.95. The van der Waals surface area contributed by atoms with Gasteiger partial charge >= 0.3 is 0 Å². The first-order valence-corrected chi connectivity index (χ1v) is 7.75. The van der Waals surface area contributed by atoms with Crippen LogP contribution in [0.25, 0.3) is 0 Å². The zero-order valence-electron chi connectivity index (χ0n) is 10.1. The van der Waals surface area contributed by atoms with Crippen LogP contribution < -0.4 is 11.1 Å². The van der Waals surface area contributed by atoms with Crippen molar-refractivity contribution in [3.8, 4) is 0 Å². The highest BCUT2D eigenvalue weighted by Gasteiger charge is 2.18. The van der Waals surface area contributed by atoms with E-state index in [0.29, 0.717) is 12.6 Å². The SMILES string of the molecule is NCC(NC1CCCCCC1)c1cc(Cl)cs1. The van der Waals surface area contributed by atoms with Crippen LogP contribution in [0.5, 0.6) is 0 Å². The Kier molecular flexibility index (Phi) is 5.29. The molecule has 1 saturated carbocycles. The van der Waals surface area contributed by atoms with E-state index < -0.39 is 0 Å². The molecule has 1 heterocycles. The Hall–Kier alpha value is -0.0900. The minimum Gasteiger partial charge on any atom is -0.329 e. The van der Waals surface area contributed by atoms with Crippen molar-refractivity contribution in [1.29, 1.82) is 0 Å². The van der Waals surface area contributed by atoms with Crippen LogP contribution >= 0.6 is 22.9 Å². The number of rotatable bonds is 4. The fourth-order valence-electron chi connectivity index (χ4n) is 2.51. The molecule has 2 rings (SSSR count). The minimum absolute atomic E-state index is 0.274. The van der Waals surface area contributed by atoms with E-state index in [1.165, 1.54) is 43.4 Å². The Morgan fingerprint density at radius 3 is 2.59 bits per heavy atom. The molecule has 0 amide bonds. The molecule has 0 radical (unpaired) electrons. The Balaban J connectivity index is 1.94. The summed E-state index contributed by atoms with van der Waals surface area (Å²) in [6, 6.07) is 2.94. The van der Waals surface area contributed by atoms with E-state index in [9.17, 15) is 0 Å². The van der Waals surface area contributed by atoms with Gasteiger partial charge in [-0.3, -0.25) is 0 Å². The molecule has 3 N–H and O–H groups in total. The second-order valence-electron chi connectivity index (χ2n) is 4.81. The Morgan fingerprint density at radius 2 is 2.06 bits per heavy atom. The molecule has 0 aromatic carbocycles. The number of hydrogen-bond donors (Lipinski definition) is 2. The van der Waals surface area contributed by atoms with Crippen molar-refractivity contribution in [3.63, 3.8) is 0 Å². The lowest BCUT2D eigenvalue weighted by Gasteiger charge is -2.23. The third-order valence-electron chi connectivity index (χ3n) is 3.46. The highest BCUT2D eigenvalue weighted by molar-refractivity contribution is 7.10. The quantitative estimate of drug-likeness (QED) is 0.820. The Morgan fingerprint density at radius 1 is 1.35 bits per heavy atom. The van der Waals surface area contributed by atoms with E-state index in [4.69, 9.17) is 17.3 Å². The molecule has 96 valence electrons. The molecular weight excluding hydrogens is 252 g/mol. The maximum absolute atomic E-state index is 5.97. The van der Waals surface area contributed by atoms with Gasteiger partial charge in [0.25, 0.3) is 0 Å². The lowest BCUT2D eigenvalue weighted by molar-refractivity contribution is 0.405. The molecule has 1 aromatic rings. The standard InChI is InChI=1S/C13H21ClN2S/c14-10-7-13(17-9-10)12(8-15)16-11-5-3-1-2-4-6-11/h7,9,11-12,16H,1-6,8,15H2. The molecule has 0 aliphatic heterocycles. The first kappa shape index (κ1) is 13.3. The Bertz CT molecular complexity index is 332. The number of halogens is 1. The van der Waals surface area contributed by atoms with Gasteiger partial charge in [-0.15, -0.1) is 11.3 Å². The van der Waals surface area contributed by atoms with E-state index in [1.807, 2.05) is 11.4 Å². The predicted molar refractivity (Wildman–Crippen MR) is 75.8 cm³/mol. The molecule has 1 fully saturated rings. The first-order valence-electron chi connectivity index (χ1n) is 6.49. The lowest BCUT2D eigenvalue weighted by Crippen LogP contribution is -2.36. The van der Waals surface area contributed by atoms with E-state index in [1.54, 1.807) is 11.3 Å². The van der Waals surface area contributed by atoms with Gasteiger partial charge in [0.1, 0.15) is 0 Å². The summed E-state index contributed by atoms with van der Waals surface area (Å²) in [4.78, 5) is 1.27. The molecule has 1 atom stereocenters. The monoisotopic (exact) mass is 272 g/mol.